The van der Waals surface area contributed by atoms with Gasteiger partial charge in [0.15, 0.2) is 11.6 Å². The number of alkyl halides is 6. The van der Waals surface area contributed by atoms with Gasteiger partial charge in [0.1, 0.15) is 24.1 Å². The van der Waals surface area contributed by atoms with E-state index in [4.69, 9.17) is 23.3 Å². The molecule has 0 bridgehead atoms. The zero-order valence-electron chi connectivity index (χ0n) is 41.8. The minimum Gasteiger partial charge on any atom is -0.462 e. The fraction of sp³-hybridized carbons (Fsp3) is 0.520. The summed E-state index contributed by atoms with van der Waals surface area (Å²) in [6.07, 6.45) is -11.4. The van der Waals surface area contributed by atoms with E-state index >= 15 is 4.39 Å². The first-order valence-electron chi connectivity index (χ1n) is 23.5. The number of carbonyl (C=O) groups excluding carboxylic acids is 2. The Morgan fingerprint density at radius 3 is 2.08 bits per heavy atom. The van der Waals surface area contributed by atoms with Crippen molar-refractivity contribution in [2.24, 2.45) is 10.8 Å². The molecule has 408 valence electrons. The Morgan fingerprint density at radius 2 is 1.51 bits per heavy atom. The summed E-state index contributed by atoms with van der Waals surface area (Å²) < 4.78 is 138. The van der Waals surface area contributed by atoms with Crippen molar-refractivity contribution in [3.05, 3.63) is 124 Å². The molecule has 1 saturated heterocycles. The van der Waals surface area contributed by atoms with Crippen LogP contribution in [0.5, 0.6) is 5.75 Å². The fourth-order valence-electron chi connectivity index (χ4n) is 7.92. The molecule has 2 heterocycles. The predicted octanol–water partition coefficient (Wildman–Crippen LogP) is 11.2. The number of aliphatic hydroxyl groups is 1. The highest BCUT2D eigenvalue weighted by Gasteiger charge is 2.55. The van der Waals surface area contributed by atoms with Crippen LogP contribution in [0, 0.1) is 16.6 Å². The van der Waals surface area contributed by atoms with Gasteiger partial charge in [0.2, 0.25) is 5.91 Å². The van der Waals surface area contributed by atoms with Gasteiger partial charge < -0.3 is 29.2 Å². The first-order chi connectivity index (χ1) is 34.6. The first kappa shape index (κ1) is 60.4. The Hall–Kier alpha value is -4.48. The number of carbonyl (C=O) groups is 2. The molecule has 3 unspecified atom stereocenters. The maximum absolute atomic E-state index is 15.9. The standard InChI is InChI=1S/C50H62F7N4O10PS2/c1-31(2)69-44(64)32(3)60-72(66,71-37-11-9-8-10-12-37)68-27-40-42(63)48(6,30-67-7)45(70-40)61-26-39(51)43(59-46(61)65)58-41(62)25-47(4,5)23-21-38(74-29-34-15-19-36(20-16-34)50(55,56)57)22-24-73-28-33-13-17-35(18-14-33)49(52,53)54/h8-20,26,31-32,38,40,42,45,63H,21-25,27-30H2,1-7H3,(H,60,66)(H,58,59,62,65)/t32-,38+,40+,42?,45+,48?,72?/m0/s1. The zero-order valence-corrected chi connectivity index (χ0v) is 44.4. The van der Waals surface area contributed by atoms with Crippen LogP contribution in [0.4, 0.5) is 36.6 Å². The Labute approximate surface area is 433 Å². The second kappa shape index (κ2) is 26.0. The van der Waals surface area contributed by atoms with Crippen LogP contribution < -0.4 is 20.6 Å². The van der Waals surface area contributed by atoms with Crippen LogP contribution in [0.2, 0.25) is 0 Å². The van der Waals surface area contributed by atoms with Crippen molar-refractivity contribution in [1.29, 1.82) is 0 Å². The van der Waals surface area contributed by atoms with E-state index in [9.17, 15) is 50.4 Å². The highest BCUT2D eigenvalue weighted by molar-refractivity contribution is 7.99. The van der Waals surface area contributed by atoms with Crippen LogP contribution in [0.1, 0.15) is 95.7 Å². The van der Waals surface area contributed by atoms with Gasteiger partial charge in [-0.2, -0.15) is 59.9 Å². The second-order valence-corrected chi connectivity index (χ2v) is 23.3. The molecule has 24 heteroatoms. The van der Waals surface area contributed by atoms with Gasteiger partial charge in [0.05, 0.1) is 48.2 Å². The molecule has 4 aromatic rings. The van der Waals surface area contributed by atoms with Gasteiger partial charge in [-0.15, -0.1) is 0 Å². The summed E-state index contributed by atoms with van der Waals surface area (Å²) >= 11 is 3.06. The number of anilines is 1. The van der Waals surface area contributed by atoms with Crippen LogP contribution >= 0.6 is 31.3 Å². The lowest BCUT2D eigenvalue weighted by Gasteiger charge is -2.32. The molecule has 74 heavy (non-hydrogen) atoms. The number of ether oxygens (including phenoxy) is 3. The number of esters is 1. The van der Waals surface area contributed by atoms with Crippen molar-refractivity contribution in [3.63, 3.8) is 0 Å². The molecule has 3 aromatic carbocycles. The average molecular weight is 1110 g/mol. The molecule has 7 atom stereocenters. The summed E-state index contributed by atoms with van der Waals surface area (Å²) in [6.45, 7) is 8.97. The molecule has 0 spiro atoms. The quantitative estimate of drug-likeness (QED) is 0.0234. The number of hydrogen-bond donors (Lipinski definition) is 3. The van der Waals surface area contributed by atoms with Crippen molar-refractivity contribution in [2.75, 3.05) is 31.4 Å². The summed E-state index contributed by atoms with van der Waals surface area (Å²) in [5, 5.41) is 16.5. The highest BCUT2D eigenvalue weighted by atomic mass is 32.2. The van der Waals surface area contributed by atoms with E-state index in [-0.39, 0.29) is 24.0 Å². The number of nitrogens with one attached hydrogen (secondary N) is 2. The summed E-state index contributed by atoms with van der Waals surface area (Å²) in [6, 6.07) is 16.5. The summed E-state index contributed by atoms with van der Waals surface area (Å²) in [4.78, 5) is 43.6. The smallest absolute Gasteiger partial charge is 0.459 e. The fourth-order valence-corrected chi connectivity index (χ4v) is 11.8. The number of amides is 1. The molecule has 1 aliphatic heterocycles. The Morgan fingerprint density at radius 1 is 0.919 bits per heavy atom. The number of thioether (sulfide) groups is 2. The van der Waals surface area contributed by atoms with Gasteiger partial charge in [-0.05, 0) is 98.7 Å². The number of hydrogen-bond acceptors (Lipinski definition) is 13. The lowest BCUT2D eigenvalue weighted by molar-refractivity contribution is -0.149. The largest absolute Gasteiger partial charge is 0.462 e. The maximum Gasteiger partial charge on any atom is 0.459 e. The number of methoxy groups -OCH3 is 1. The summed E-state index contributed by atoms with van der Waals surface area (Å²) in [5.74, 6) is -1.59. The van der Waals surface area contributed by atoms with Crippen LogP contribution in [0.15, 0.2) is 89.9 Å². The highest BCUT2D eigenvalue weighted by Crippen LogP contribution is 2.49. The van der Waals surface area contributed by atoms with Crippen LogP contribution in [0.25, 0.3) is 0 Å². The molecule has 5 rings (SSSR count). The number of aliphatic hydroxyl groups excluding tert-OH is 1. The average Bonchev–Trinajstić information content (AvgIpc) is 3.56. The summed E-state index contributed by atoms with van der Waals surface area (Å²) in [7, 11) is -3.10. The third-order valence-corrected chi connectivity index (χ3v) is 16.0. The van der Waals surface area contributed by atoms with E-state index in [1.165, 1.54) is 80.9 Å². The molecule has 1 aliphatic rings. The van der Waals surface area contributed by atoms with Gasteiger partial charge in [-0.1, -0.05) is 63.2 Å². The van der Waals surface area contributed by atoms with Crippen molar-refractivity contribution < 1.29 is 73.3 Å². The topological polar surface area (TPSA) is 177 Å². The van der Waals surface area contributed by atoms with E-state index < -0.39 is 108 Å². The first-order valence-corrected chi connectivity index (χ1v) is 27.3. The van der Waals surface area contributed by atoms with Crippen molar-refractivity contribution in [1.82, 2.24) is 14.6 Å². The van der Waals surface area contributed by atoms with Crippen molar-refractivity contribution in [2.45, 2.75) is 127 Å². The second-order valence-electron chi connectivity index (χ2n) is 19.2. The SMILES string of the molecule is COCC1(C)C(O)[C@@H](COP(=O)(N[C@@H](C)C(=O)OC(C)C)Oc2ccccc2)O[C@H]1n1cc(F)c(NC(=O)CC(C)(C)CC[C@H](CCSCc2ccc(C(F)(F)F)cc2)SCc2ccc(C(F)(F)F)cc2)nc1=O. The number of rotatable bonds is 26. The number of para-hydroxylation sites is 1. The normalized spacial score (nSPS) is 20.0. The third kappa shape index (κ3) is 17.5. The molecule has 1 fully saturated rings. The molecule has 0 aliphatic carbocycles. The van der Waals surface area contributed by atoms with E-state index in [0.29, 0.717) is 47.6 Å². The molecular formula is C50H62F7N4O10PS2. The number of nitrogens with zero attached hydrogens (tertiary/aromatic N) is 2. The third-order valence-electron chi connectivity index (χ3n) is 11.9. The molecule has 1 aromatic heterocycles. The monoisotopic (exact) mass is 1110 g/mol. The number of benzene rings is 3. The van der Waals surface area contributed by atoms with Crippen LogP contribution in [-0.2, 0) is 56.7 Å². The molecule has 14 nitrogen and oxygen atoms in total. The van der Waals surface area contributed by atoms with Gasteiger partial charge in [0, 0.05) is 30.3 Å². The molecule has 1 amide bonds. The van der Waals surface area contributed by atoms with Gasteiger partial charge >= 0.3 is 31.8 Å². The van der Waals surface area contributed by atoms with Crippen LogP contribution in [0.3, 0.4) is 0 Å². The Kier molecular flexibility index (Phi) is 21.3. The maximum atomic E-state index is 15.9. The lowest BCUT2D eigenvalue weighted by atomic mass is 9.83. The molecule has 0 radical (unpaired) electrons. The van der Waals surface area contributed by atoms with E-state index in [2.05, 4.69) is 15.4 Å². The molecule has 0 saturated carbocycles. The Balaban J connectivity index is 1.24. The van der Waals surface area contributed by atoms with E-state index in [0.717, 1.165) is 35.0 Å². The molecular weight excluding hydrogens is 1040 g/mol. The van der Waals surface area contributed by atoms with Gasteiger partial charge in [-0.3, -0.25) is 18.7 Å². The van der Waals surface area contributed by atoms with Crippen LogP contribution in [-0.4, -0.2) is 82.2 Å². The predicted molar refractivity (Wildman–Crippen MR) is 268 cm³/mol. The Bertz CT molecular complexity index is 2580. The number of halogens is 7. The lowest BCUT2D eigenvalue weighted by Crippen LogP contribution is -2.44. The number of aromatic nitrogens is 2. The van der Waals surface area contributed by atoms with Gasteiger partial charge in [-0.25, -0.2) is 13.8 Å². The van der Waals surface area contributed by atoms with Gasteiger partial charge in [0.25, 0.3) is 0 Å². The van der Waals surface area contributed by atoms with Crippen molar-refractivity contribution >= 4 is 49.0 Å². The minimum atomic E-state index is -4.48. The van der Waals surface area contributed by atoms with E-state index in [1.54, 1.807) is 32.0 Å². The van der Waals surface area contributed by atoms with Crippen molar-refractivity contribution in [3.8, 4) is 5.75 Å². The zero-order chi connectivity index (χ0) is 54.6. The molecule has 3 N–H and O–H groups in total. The van der Waals surface area contributed by atoms with E-state index in [1.807, 2.05) is 13.8 Å². The minimum absolute atomic E-state index is 0.0365. The summed E-state index contributed by atoms with van der Waals surface area (Å²) in [5.41, 5.74) is -3.35.